The van der Waals surface area contributed by atoms with Gasteiger partial charge in [-0.15, -0.1) is 35.5 Å². The van der Waals surface area contributed by atoms with E-state index in [-0.39, 0.29) is 41.2 Å². The Morgan fingerprint density at radius 1 is 1.33 bits per heavy atom. The number of carbonyl (C=O) groups is 4. The summed E-state index contributed by atoms with van der Waals surface area (Å²) in [7, 11) is 0. The molecule has 3 atom stereocenters. The molecule has 3 rings (SSSR count). The molecule has 36 heavy (non-hydrogen) atoms. The molecule has 3 heterocycles. The van der Waals surface area contributed by atoms with E-state index in [4.69, 9.17) is 20.0 Å². The Labute approximate surface area is 221 Å². The second-order valence-electron chi connectivity index (χ2n) is 7.09. The molecule has 1 aromatic rings. The van der Waals surface area contributed by atoms with Gasteiger partial charge in [0.1, 0.15) is 29.4 Å². The number of esters is 1. The van der Waals surface area contributed by atoms with Crippen molar-refractivity contribution in [1.29, 1.82) is 0 Å². The third kappa shape index (κ3) is 6.79. The third-order valence-electron chi connectivity index (χ3n) is 4.57. The minimum atomic E-state index is -1.23. The number of aromatic nitrogens is 1. The fourth-order valence-electron chi connectivity index (χ4n) is 3.06. The zero-order valence-corrected chi connectivity index (χ0v) is 22.1. The van der Waals surface area contributed by atoms with Crippen LogP contribution < -0.4 is 11.1 Å². The van der Waals surface area contributed by atoms with Crippen LogP contribution in [0.4, 0.5) is 9.93 Å². The zero-order valence-electron chi connectivity index (χ0n) is 19.6. The molecule has 2 aliphatic rings. The number of rotatable bonds is 10. The predicted molar refractivity (Wildman–Crippen MR) is 133 cm³/mol. The average Bonchev–Trinajstić information content (AvgIpc) is 3.25. The van der Waals surface area contributed by atoms with Gasteiger partial charge in [0.15, 0.2) is 10.8 Å². The highest BCUT2D eigenvalue weighted by molar-refractivity contribution is 8.00. The van der Waals surface area contributed by atoms with Crippen molar-refractivity contribution >= 4 is 70.3 Å². The lowest BCUT2D eigenvalue weighted by Crippen LogP contribution is -2.70. The maximum Gasteiger partial charge on any atom is 0.511 e. The highest BCUT2D eigenvalue weighted by Crippen LogP contribution is 2.38. The van der Waals surface area contributed by atoms with Crippen molar-refractivity contribution in [2.75, 3.05) is 24.7 Å². The Hall–Kier alpha value is -3.04. The molecule has 2 unspecified atom stereocenters. The Morgan fingerprint density at radius 3 is 2.72 bits per heavy atom. The lowest BCUT2D eigenvalue weighted by Gasteiger charge is -2.48. The van der Waals surface area contributed by atoms with Crippen molar-refractivity contribution in [2.45, 2.75) is 44.9 Å². The fraction of sp³-hybridized carbons (Fsp3) is 0.500. The van der Waals surface area contributed by atoms with E-state index in [0.29, 0.717) is 18.8 Å². The molecule has 1 fully saturated rings. The summed E-state index contributed by atoms with van der Waals surface area (Å²) in [5.74, 6) is -1.63. The Kier molecular flexibility index (Phi) is 10.8. The molecule has 2 amide bonds. The summed E-state index contributed by atoms with van der Waals surface area (Å²) in [5.41, 5.74) is 5.78. The molecule has 0 bridgehead atoms. The molecule has 0 aromatic carbocycles. The Balaban J connectivity index is 0.00000456. The summed E-state index contributed by atoms with van der Waals surface area (Å²) in [4.78, 5) is 60.2. The van der Waals surface area contributed by atoms with E-state index in [9.17, 15) is 19.2 Å². The van der Waals surface area contributed by atoms with Crippen LogP contribution in [0, 0.1) is 0 Å². The monoisotopic (exact) mass is 563 g/mol. The van der Waals surface area contributed by atoms with Gasteiger partial charge < -0.3 is 30.1 Å². The number of nitrogen functional groups attached to an aromatic ring is 1. The molecule has 0 radical (unpaired) electrons. The van der Waals surface area contributed by atoms with Crippen LogP contribution >= 0.6 is 35.5 Å². The standard InChI is InChI=1S/C20H25N5O8S2.ClH/c1-4-7-31-24-13(11-9-35-19(21)22-11)15(26)23-14-16(27)25-12(6-8-34-17(14)25)18(28)32-10(3)33-20(29)30-5-2;/h6,9-10,14,17H,4-5,7-8H2,1-3H3,(H2,21,22)(H,23,26);1H/t10?,14?,17-;/m0./s1. The van der Waals surface area contributed by atoms with Gasteiger partial charge >= 0.3 is 12.1 Å². The van der Waals surface area contributed by atoms with E-state index >= 15 is 0 Å². The van der Waals surface area contributed by atoms with Crippen molar-refractivity contribution in [3.63, 3.8) is 0 Å². The minimum absolute atomic E-state index is 0. The predicted octanol–water partition coefficient (Wildman–Crippen LogP) is 1.62. The summed E-state index contributed by atoms with van der Waals surface area (Å²) in [6, 6.07) is -0.912. The van der Waals surface area contributed by atoms with Gasteiger partial charge in [-0.1, -0.05) is 12.1 Å². The first-order chi connectivity index (χ1) is 16.8. The number of nitrogens with zero attached hydrogens (tertiary/aromatic N) is 3. The van der Waals surface area contributed by atoms with Crippen LogP contribution in [0.1, 0.15) is 32.9 Å². The number of nitrogens with one attached hydrogen (secondary N) is 1. The van der Waals surface area contributed by atoms with Crippen molar-refractivity contribution < 1.29 is 38.2 Å². The van der Waals surface area contributed by atoms with Gasteiger partial charge in [0.25, 0.3) is 11.8 Å². The van der Waals surface area contributed by atoms with E-state index < -0.39 is 41.6 Å². The van der Waals surface area contributed by atoms with Crippen LogP contribution in [0.3, 0.4) is 0 Å². The minimum Gasteiger partial charge on any atom is -0.435 e. The molecule has 3 N–H and O–H groups in total. The average molecular weight is 564 g/mol. The number of ether oxygens (including phenoxy) is 3. The molecule has 0 spiro atoms. The van der Waals surface area contributed by atoms with Crippen molar-refractivity contribution in [3.8, 4) is 0 Å². The zero-order chi connectivity index (χ0) is 25.5. The van der Waals surface area contributed by atoms with Crippen LogP contribution in [0.5, 0.6) is 0 Å². The van der Waals surface area contributed by atoms with Gasteiger partial charge in [0.2, 0.25) is 6.29 Å². The van der Waals surface area contributed by atoms with Crippen molar-refractivity contribution in [3.05, 3.63) is 22.8 Å². The molecule has 13 nitrogen and oxygen atoms in total. The number of amides is 2. The number of oxime groups is 1. The fourth-order valence-corrected chi connectivity index (χ4v) is 4.81. The summed E-state index contributed by atoms with van der Waals surface area (Å²) < 4.78 is 14.5. The first-order valence-electron chi connectivity index (χ1n) is 10.7. The lowest BCUT2D eigenvalue weighted by molar-refractivity contribution is -0.168. The van der Waals surface area contributed by atoms with E-state index in [0.717, 1.165) is 11.3 Å². The maximum atomic E-state index is 12.9. The van der Waals surface area contributed by atoms with Gasteiger partial charge in [-0.25, -0.2) is 14.6 Å². The summed E-state index contributed by atoms with van der Waals surface area (Å²) >= 11 is 2.49. The third-order valence-corrected chi connectivity index (χ3v) is 6.43. The Bertz CT molecular complexity index is 1050. The summed E-state index contributed by atoms with van der Waals surface area (Å²) in [5, 5.41) is 7.78. The van der Waals surface area contributed by atoms with Crippen LogP contribution in [0.25, 0.3) is 0 Å². The number of thioether (sulfide) groups is 1. The number of nitrogens with two attached hydrogens (primary N) is 1. The molecule has 16 heteroatoms. The molecular formula is C20H26ClN5O8S2. The van der Waals surface area contributed by atoms with Crippen LogP contribution in [0.15, 0.2) is 22.3 Å². The quantitative estimate of drug-likeness (QED) is 0.106. The maximum absolute atomic E-state index is 12.9. The van der Waals surface area contributed by atoms with Gasteiger partial charge in [0.05, 0.1) is 6.61 Å². The first-order valence-corrected chi connectivity index (χ1v) is 12.6. The van der Waals surface area contributed by atoms with Crippen LogP contribution in [0.2, 0.25) is 0 Å². The summed E-state index contributed by atoms with van der Waals surface area (Å²) in [6.07, 6.45) is -0.000104. The Morgan fingerprint density at radius 2 is 2.08 bits per heavy atom. The topological polar surface area (TPSA) is 172 Å². The van der Waals surface area contributed by atoms with Crippen LogP contribution in [-0.2, 0) is 33.4 Å². The second-order valence-corrected chi connectivity index (χ2v) is 9.13. The SMILES string of the molecule is CCCON=C(C(=O)NC1C(=O)N2C(C(=O)OC(C)OC(=O)OCC)=CCS[C@@H]12)c1csc(N)n1.Cl. The smallest absolute Gasteiger partial charge is 0.435 e. The number of hydrogen-bond donors (Lipinski definition) is 2. The van der Waals surface area contributed by atoms with Gasteiger partial charge in [-0.2, -0.15) is 0 Å². The molecule has 0 aliphatic carbocycles. The molecule has 0 saturated carbocycles. The van der Waals surface area contributed by atoms with Gasteiger partial charge in [-0.05, 0) is 19.4 Å². The van der Waals surface area contributed by atoms with Crippen molar-refractivity contribution in [1.82, 2.24) is 15.2 Å². The number of carbonyl (C=O) groups excluding carboxylic acids is 4. The number of fused-ring (bicyclic) bond motifs is 1. The second kappa shape index (κ2) is 13.3. The number of hydrogen-bond acceptors (Lipinski definition) is 13. The lowest BCUT2D eigenvalue weighted by atomic mass is 10.0. The number of anilines is 1. The molecule has 1 aromatic heterocycles. The van der Waals surface area contributed by atoms with Crippen LogP contribution in [-0.4, -0.2) is 76.2 Å². The van der Waals surface area contributed by atoms with E-state index in [1.807, 2.05) is 6.92 Å². The van der Waals surface area contributed by atoms with Crippen molar-refractivity contribution in [2.24, 2.45) is 5.16 Å². The van der Waals surface area contributed by atoms with Gasteiger partial charge in [-0.3, -0.25) is 14.5 Å². The van der Waals surface area contributed by atoms with E-state index in [1.54, 1.807) is 12.3 Å². The molecular weight excluding hydrogens is 538 g/mol. The number of β-lactam (4-membered cyclic amide) rings is 1. The van der Waals surface area contributed by atoms with E-state index in [2.05, 4.69) is 20.2 Å². The number of halogens is 1. The van der Waals surface area contributed by atoms with Gasteiger partial charge in [0, 0.05) is 18.1 Å². The normalized spacial score (nSPS) is 19.5. The summed E-state index contributed by atoms with van der Waals surface area (Å²) in [6.45, 7) is 5.23. The van der Waals surface area contributed by atoms with E-state index in [1.165, 1.54) is 29.7 Å². The molecule has 1 saturated heterocycles. The largest absolute Gasteiger partial charge is 0.511 e. The highest BCUT2D eigenvalue weighted by atomic mass is 35.5. The number of thiazole rings is 1. The highest BCUT2D eigenvalue weighted by Gasteiger charge is 2.53. The molecule has 2 aliphatic heterocycles. The molecule has 198 valence electrons. The first kappa shape index (κ1) is 29.2.